The number of hydrogen-bond donors (Lipinski definition) is 0. The summed E-state index contributed by atoms with van der Waals surface area (Å²) < 4.78 is 5.89. The van der Waals surface area contributed by atoms with Gasteiger partial charge >= 0.3 is 0 Å². The molecule has 17 heavy (non-hydrogen) atoms. The summed E-state index contributed by atoms with van der Waals surface area (Å²) in [6.45, 7) is 5.14. The SMILES string of the molecule is Cc1ccc(OCCC2CCCCC2)c(C)c1. The van der Waals surface area contributed by atoms with Gasteiger partial charge in [-0.25, -0.2) is 0 Å². The van der Waals surface area contributed by atoms with Crippen LogP contribution in [0.15, 0.2) is 18.2 Å². The molecule has 0 spiro atoms. The number of ether oxygens (including phenoxy) is 1. The number of rotatable bonds is 4. The quantitative estimate of drug-likeness (QED) is 0.734. The molecular formula is C16H24O. The lowest BCUT2D eigenvalue weighted by Crippen LogP contribution is -2.11. The third-order valence-corrected chi connectivity index (χ3v) is 3.84. The molecule has 1 aliphatic rings. The highest BCUT2D eigenvalue weighted by Crippen LogP contribution is 2.27. The van der Waals surface area contributed by atoms with E-state index in [-0.39, 0.29) is 0 Å². The largest absolute Gasteiger partial charge is 0.493 e. The van der Waals surface area contributed by atoms with E-state index in [1.54, 1.807) is 0 Å². The second kappa shape index (κ2) is 6.09. The van der Waals surface area contributed by atoms with Gasteiger partial charge in [0.15, 0.2) is 0 Å². The lowest BCUT2D eigenvalue weighted by molar-refractivity contribution is 0.245. The van der Waals surface area contributed by atoms with Crippen LogP contribution < -0.4 is 4.74 Å². The predicted octanol–water partition coefficient (Wildman–Crippen LogP) is 4.65. The van der Waals surface area contributed by atoms with Crippen LogP contribution in [-0.4, -0.2) is 6.61 Å². The van der Waals surface area contributed by atoms with Crippen molar-refractivity contribution in [1.29, 1.82) is 0 Å². The van der Waals surface area contributed by atoms with Crippen LogP contribution in [0, 0.1) is 19.8 Å². The minimum atomic E-state index is 0.883. The van der Waals surface area contributed by atoms with Crippen LogP contribution in [0.25, 0.3) is 0 Å². The van der Waals surface area contributed by atoms with Crippen LogP contribution in [-0.2, 0) is 0 Å². The van der Waals surface area contributed by atoms with Gasteiger partial charge in [-0.05, 0) is 37.8 Å². The molecule has 0 bridgehead atoms. The van der Waals surface area contributed by atoms with Crippen molar-refractivity contribution in [1.82, 2.24) is 0 Å². The van der Waals surface area contributed by atoms with Gasteiger partial charge in [0.1, 0.15) is 5.75 Å². The van der Waals surface area contributed by atoms with E-state index >= 15 is 0 Å². The average Bonchev–Trinajstić information content (AvgIpc) is 2.33. The minimum Gasteiger partial charge on any atom is -0.493 e. The zero-order valence-electron chi connectivity index (χ0n) is 11.2. The Labute approximate surface area is 105 Å². The summed E-state index contributed by atoms with van der Waals surface area (Å²) in [5.74, 6) is 1.97. The molecule has 0 aliphatic heterocycles. The molecule has 1 saturated carbocycles. The fraction of sp³-hybridized carbons (Fsp3) is 0.625. The second-order valence-electron chi connectivity index (χ2n) is 5.41. The summed E-state index contributed by atoms with van der Waals surface area (Å²) >= 11 is 0. The molecule has 1 aliphatic carbocycles. The molecule has 2 rings (SSSR count). The summed E-state index contributed by atoms with van der Waals surface area (Å²) in [5.41, 5.74) is 2.57. The zero-order chi connectivity index (χ0) is 12.1. The maximum Gasteiger partial charge on any atom is 0.122 e. The highest BCUT2D eigenvalue weighted by molar-refractivity contribution is 5.35. The Balaban J connectivity index is 1.77. The van der Waals surface area contributed by atoms with E-state index in [0.29, 0.717) is 0 Å². The van der Waals surface area contributed by atoms with E-state index in [1.165, 1.54) is 49.7 Å². The normalized spacial score (nSPS) is 17.1. The van der Waals surface area contributed by atoms with Crippen molar-refractivity contribution in [3.05, 3.63) is 29.3 Å². The van der Waals surface area contributed by atoms with Crippen molar-refractivity contribution >= 4 is 0 Å². The van der Waals surface area contributed by atoms with Gasteiger partial charge in [0.05, 0.1) is 6.61 Å². The van der Waals surface area contributed by atoms with E-state index < -0.39 is 0 Å². The molecular weight excluding hydrogens is 208 g/mol. The maximum atomic E-state index is 5.89. The maximum absolute atomic E-state index is 5.89. The smallest absolute Gasteiger partial charge is 0.122 e. The first-order chi connectivity index (χ1) is 8.25. The zero-order valence-corrected chi connectivity index (χ0v) is 11.2. The number of aryl methyl sites for hydroxylation is 2. The number of benzene rings is 1. The molecule has 0 atom stereocenters. The minimum absolute atomic E-state index is 0.883. The van der Waals surface area contributed by atoms with Crippen LogP contribution >= 0.6 is 0 Å². The molecule has 1 nitrogen and oxygen atoms in total. The first-order valence-electron chi connectivity index (χ1n) is 6.96. The number of hydrogen-bond acceptors (Lipinski definition) is 1. The molecule has 1 aromatic carbocycles. The summed E-state index contributed by atoms with van der Waals surface area (Å²) in [7, 11) is 0. The van der Waals surface area contributed by atoms with Gasteiger partial charge in [0.25, 0.3) is 0 Å². The summed E-state index contributed by atoms with van der Waals surface area (Å²) in [5, 5.41) is 0. The van der Waals surface area contributed by atoms with E-state index in [9.17, 15) is 0 Å². The van der Waals surface area contributed by atoms with Crippen LogP contribution in [0.4, 0.5) is 0 Å². The monoisotopic (exact) mass is 232 g/mol. The molecule has 0 amide bonds. The summed E-state index contributed by atoms with van der Waals surface area (Å²) in [6, 6.07) is 6.42. The molecule has 0 unspecified atom stereocenters. The van der Waals surface area contributed by atoms with Gasteiger partial charge in [-0.15, -0.1) is 0 Å². The van der Waals surface area contributed by atoms with E-state index in [4.69, 9.17) is 4.74 Å². The molecule has 0 saturated heterocycles. The Hall–Kier alpha value is -0.980. The highest BCUT2D eigenvalue weighted by atomic mass is 16.5. The highest BCUT2D eigenvalue weighted by Gasteiger charge is 2.13. The molecule has 0 heterocycles. The fourth-order valence-electron chi connectivity index (χ4n) is 2.77. The molecule has 1 heteroatoms. The van der Waals surface area contributed by atoms with Gasteiger partial charge in [-0.1, -0.05) is 49.8 Å². The van der Waals surface area contributed by atoms with Crippen molar-refractivity contribution in [2.45, 2.75) is 52.4 Å². The third kappa shape index (κ3) is 3.76. The van der Waals surface area contributed by atoms with Crippen LogP contribution in [0.2, 0.25) is 0 Å². The summed E-state index contributed by atoms with van der Waals surface area (Å²) in [6.07, 6.45) is 8.34. The van der Waals surface area contributed by atoms with E-state index in [1.807, 2.05) is 0 Å². The Bertz CT molecular complexity index is 351. The van der Waals surface area contributed by atoms with Crippen molar-refractivity contribution in [2.75, 3.05) is 6.61 Å². The van der Waals surface area contributed by atoms with Crippen LogP contribution in [0.5, 0.6) is 5.75 Å². The first-order valence-corrected chi connectivity index (χ1v) is 6.96. The van der Waals surface area contributed by atoms with Crippen molar-refractivity contribution in [2.24, 2.45) is 5.92 Å². The molecule has 0 N–H and O–H groups in total. The topological polar surface area (TPSA) is 9.23 Å². The van der Waals surface area contributed by atoms with Crippen molar-refractivity contribution < 1.29 is 4.74 Å². The van der Waals surface area contributed by atoms with Gasteiger partial charge in [0.2, 0.25) is 0 Å². The van der Waals surface area contributed by atoms with Crippen molar-refractivity contribution in [3.8, 4) is 5.75 Å². The second-order valence-corrected chi connectivity index (χ2v) is 5.41. The summed E-state index contributed by atoms with van der Waals surface area (Å²) in [4.78, 5) is 0. The molecule has 1 fully saturated rings. The standard InChI is InChI=1S/C16H24O/c1-13-8-9-16(14(2)12-13)17-11-10-15-6-4-3-5-7-15/h8-9,12,15H,3-7,10-11H2,1-2H3. The van der Waals surface area contributed by atoms with Crippen LogP contribution in [0.3, 0.4) is 0 Å². The Morgan fingerprint density at radius 1 is 1.12 bits per heavy atom. The lowest BCUT2D eigenvalue weighted by Gasteiger charge is -2.21. The van der Waals surface area contributed by atoms with Gasteiger partial charge in [0, 0.05) is 0 Å². The average molecular weight is 232 g/mol. The molecule has 0 radical (unpaired) electrons. The van der Waals surface area contributed by atoms with Gasteiger partial charge < -0.3 is 4.74 Å². The molecule has 94 valence electrons. The Morgan fingerprint density at radius 2 is 1.88 bits per heavy atom. The van der Waals surface area contributed by atoms with E-state index in [2.05, 4.69) is 32.0 Å². The molecule has 1 aromatic rings. The van der Waals surface area contributed by atoms with Gasteiger partial charge in [-0.3, -0.25) is 0 Å². The Morgan fingerprint density at radius 3 is 2.59 bits per heavy atom. The Kier molecular flexibility index (Phi) is 4.47. The molecule has 0 aromatic heterocycles. The van der Waals surface area contributed by atoms with Crippen molar-refractivity contribution in [3.63, 3.8) is 0 Å². The lowest BCUT2D eigenvalue weighted by atomic mass is 9.87. The first kappa shape index (κ1) is 12.5. The van der Waals surface area contributed by atoms with Crippen LogP contribution in [0.1, 0.15) is 49.7 Å². The fourth-order valence-corrected chi connectivity index (χ4v) is 2.77. The van der Waals surface area contributed by atoms with E-state index in [0.717, 1.165) is 18.3 Å². The van der Waals surface area contributed by atoms with Gasteiger partial charge in [-0.2, -0.15) is 0 Å². The predicted molar refractivity (Wildman–Crippen MR) is 72.6 cm³/mol. The third-order valence-electron chi connectivity index (χ3n) is 3.84.